The molecule has 0 atom stereocenters. The molecule has 4 heteroatoms. The van der Waals surface area contributed by atoms with Crippen LogP contribution in [0.25, 0.3) is 22.0 Å². The Kier molecular flexibility index (Phi) is 3.86. The van der Waals surface area contributed by atoms with Crippen molar-refractivity contribution in [3.8, 4) is 16.9 Å². The molecule has 0 saturated heterocycles. The number of aryl methyl sites for hydroxylation is 1. The van der Waals surface area contributed by atoms with Gasteiger partial charge in [-0.25, -0.2) is 0 Å². The van der Waals surface area contributed by atoms with Crippen LogP contribution < -0.4 is 10.1 Å². The maximum absolute atomic E-state index is 5.58. The van der Waals surface area contributed by atoms with Crippen LogP contribution in [0.15, 0.2) is 71.7 Å². The molecule has 2 heterocycles. The first-order chi connectivity index (χ1) is 12.2. The van der Waals surface area contributed by atoms with E-state index in [4.69, 9.17) is 9.15 Å². The summed E-state index contributed by atoms with van der Waals surface area (Å²) in [6.07, 6.45) is 5.20. The van der Waals surface area contributed by atoms with Crippen LogP contribution in [0.5, 0.6) is 5.75 Å². The van der Waals surface area contributed by atoms with Crippen molar-refractivity contribution in [2.45, 2.75) is 6.92 Å². The molecule has 0 aliphatic heterocycles. The van der Waals surface area contributed by atoms with E-state index < -0.39 is 0 Å². The predicted molar refractivity (Wildman–Crippen MR) is 100 cm³/mol. The molecule has 1 N–H and O–H groups in total. The van der Waals surface area contributed by atoms with Gasteiger partial charge in [-0.3, -0.25) is 4.98 Å². The van der Waals surface area contributed by atoms with Crippen LogP contribution in [-0.4, -0.2) is 12.1 Å². The van der Waals surface area contributed by atoms with Crippen LogP contribution in [0.1, 0.15) is 5.56 Å². The average Bonchev–Trinajstić information content (AvgIpc) is 3.16. The maximum Gasteiger partial charge on any atom is 0.142 e. The van der Waals surface area contributed by atoms with Gasteiger partial charge < -0.3 is 14.5 Å². The van der Waals surface area contributed by atoms with E-state index in [1.807, 2.05) is 36.5 Å². The quantitative estimate of drug-likeness (QED) is 0.532. The average molecular weight is 330 g/mol. The number of furan rings is 1. The largest absolute Gasteiger partial charge is 0.495 e. The third-order valence-corrected chi connectivity index (χ3v) is 4.22. The molecule has 0 fully saturated rings. The van der Waals surface area contributed by atoms with Gasteiger partial charge in [0.05, 0.1) is 30.8 Å². The number of aromatic nitrogens is 1. The zero-order valence-electron chi connectivity index (χ0n) is 14.1. The van der Waals surface area contributed by atoms with Crippen molar-refractivity contribution < 1.29 is 9.15 Å². The van der Waals surface area contributed by atoms with E-state index in [1.54, 1.807) is 19.6 Å². The zero-order chi connectivity index (χ0) is 17.2. The summed E-state index contributed by atoms with van der Waals surface area (Å²) in [7, 11) is 1.67. The van der Waals surface area contributed by atoms with E-state index in [0.29, 0.717) is 0 Å². The molecule has 0 saturated carbocycles. The van der Waals surface area contributed by atoms with Gasteiger partial charge in [-0.05, 0) is 48.4 Å². The Balaban J connectivity index is 1.74. The van der Waals surface area contributed by atoms with Gasteiger partial charge in [0, 0.05) is 22.8 Å². The van der Waals surface area contributed by atoms with Gasteiger partial charge in [-0.2, -0.15) is 0 Å². The minimum atomic E-state index is 0.774. The first-order valence-electron chi connectivity index (χ1n) is 8.07. The second-order valence-electron chi connectivity index (χ2n) is 5.93. The van der Waals surface area contributed by atoms with Crippen molar-refractivity contribution in [1.82, 2.24) is 4.98 Å². The normalized spacial score (nSPS) is 10.8. The van der Waals surface area contributed by atoms with Crippen LogP contribution in [0.2, 0.25) is 0 Å². The zero-order valence-corrected chi connectivity index (χ0v) is 14.1. The van der Waals surface area contributed by atoms with Crippen molar-refractivity contribution in [3.05, 3.63) is 72.8 Å². The Hall–Kier alpha value is -3.27. The molecule has 0 unspecified atom stereocenters. The summed E-state index contributed by atoms with van der Waals surface area (Å²) in [6, 6.07) is 16.2. The molecule has 0 aliphatic carbocycles. The molecule has 0 amide bonds. The standard InChI is InChI=1S/C21H18N2O2/c1-14-3-5-17-18(7-9-22-20(17)11-14)23-19-6-4-15(12-21(19)24-2)16-8-10-25-13-16/h3-13H,1-2H3,(H,22,23). The number of methoxy groups -OCH3 is 1. The van der Waals surface area contributed by atoms with Gasteiger partial charge >= 0.3 is 0 Å². The van der Waals surface area contributed by atoms with Crippen LogP contribution in [-0.2, 0) is 0 Å². The Morgan fingerprint density at radius 3 is 2.68 bits per heavy atom. The van der Waals surface area contributed by atoms with Crippen molar-refractivity contribution in [2.75, 3.05) is 12.4 Å². The molecule has 25 heavy (non-hydrogen) atoms. The van der Waals surface area contributed by atoms with Gasteiger partial charge in [-0.15, -0.1) is 0 Å². The number of pyridine rings is 1. The van der Waals surface area contributed by atoms with Crippen LogP contribution >= 0.6 is 0 Å². The number of anilines is 2. The Labute approximate surface area is 146 Å². The molecule has 0 aliphatic rings. The Morgan fingerprint density at radius 2 is 1.88 bits per heavy atom. The van der Waals surface area contributed by atoms with Crippen molar-refractivity contribution in [2.24, 2.45) is 0 Å². The van der Waals surface area contributed by atoms with E-state index in [1.165, 1.54) is 5.56 Å². The molecule has 0 spiro atoms. The number of ether oxygens (including phenoxy) is 1. The summed E-state index contributed by atoms with van der Waals surface area (Å²) in [5.74, 6) is 0.774. The van der Waals surface area contributed by atoms with Crippen LogP contribution in [0.3, 0.4) is 0 Å². The number of nitrogens with one attached hydrogen (secondary N) is 1. The molecule has 0 radical (unpaired) electrons. The summed E-state index contributed by atoms with van der Waals surface area (Å²) in [5, 5.41) is 4.55. The van der Waals surface area contributed by atoms with Gasteiger partial charge in [0.25, 0.3) is 0 Å². The number of benzene rings is 2. The molecular formula is C21H18N2O2. The monoisotopic (exact) mass is 330 g/mol. The Bertz CT molecular complexity index is 1020. The lowest BCUT2D eigenvalue weighted by Crippen LogP contribution is -1.96. The second kappa shape index (κ2) is 6.32. The summed E-state index contributed by atoms with van der Waals surface area (Å²) in [4.78, 5) is 4.45. The maximum atomic E-state index is 5.58. The van der Waals surface area contributed by atoms with E-state index in [0.717, 1.165) is 39.2 Å². The number of rotatable bonds is 4. The molecule has 2 aromatic carbocycles. The molecule has 4 rings (SSSR count). The lowest BCUT2D eigenvalue weighted by atomic mass is 10.1. The molecule has 124 valence electrons. The lowest BCUT2D eigenvalue weighted by Gasteiger charge is -2.14. The number of hydrogen-bond acceptors (Lipinski definition) is 4. The lowest BCUT2D eigenvalue weighted by molar-refractivity contribution is 0.417. The van der Waals surface area contributed by atoms with E-state index in [9.17, 15) is 0 Å². The minimum Gasteiger partial charge on any atom is -0.495 e. The van der Waals surface area contributed by atoms with Gasteiger partial charge in [0.2, 0.25) is 0 Å². The van der Waals surface area contributed by atoms with Crippen LogP contribution in [0.4, 0.5) is 11.4 Å². The highest BCUT2D eigenvalue weighted by Crippen LogP contribution is 2.34. The summed E-state index contributed by atoms with van der Waals surface area (Å²) >= 11 is 0. The highest BCUT2D eigenvalue weighted by molar-refractivity contribution is 5.93. The third-order valence-electron chi connectivity index (χ3n) is 4.22. The fourth-order valence-electron chi connectivity index (χ4n) is 2.91. The second-order valence-corrected chi connectivity index (χ2v) is 5.93. The summed E-state index contributed by atoms with van der Waals surface area (Å²) in [5.41, 5.74) is 6.14. The van der Waals surface area contributed by atoms with Crippen LogP contribution in [0, 0.1) is 6.92 Å². The third kappa shape index (κ3) is 2.94. The highest BCUT2D eigenvalue weighted by Gasteiger charge is 2.09. The molecule has 4 nitrogen and oxygen atoms in total. The predicted octanol–water partition coefficient (Wildman–Crippen LogP) is 5.56. The molecule has 4 aromatic rings. The summed E-state index contributed by atoms with van der Waals surface area (Å²) < 4.78 is 10.7. The van der Waals surface area contributed by atoms with Gasteiger partial charge in [0.1, 0.15) is 5.75 Å². The summed E-state index contributed by atoms with van der Waals surface area (Å²) in [6.45, 7) is 2.07. The van der Waals surface area contributed by atoms with Gasteiger partial charge in [-0.1, -0.05) is 18.2 Å². The first-order valence-corrected chi connectivity index (χ1v) is 8.07. The Morgan fingerprint density at radius 1 is 0.960 bits per heavy atom. The minimum absolute atomic E-state index is 0.774. The SMILES string of the molecule is COc1cc(-c2ccoc2)ccc1Nc1ccnc2cc(C)ccc12. The van der Waals surface area contributed by atoms with Crippen molar-refractivity contribution in [1.29, 1.82) is 0 Å². The van der Waals surface area contributed by atoms with Gasteiger partial charge in [0.15, 0.2) is 0 Å². The van der Waals surface area contributed by atoms with E-state index in [-0.39, 0.29) is 0 Å². The number of nitrogens with zero attached hydrogens (tertiary/aromatic N) is 1. The fourth-order valence-corrected chi connectivity index (χ4v) is 2.91. The van der Waals surface area contributed by atoms with Crippen molar-refractivity contribution in [3.63, 3.8) is 0 Å². The first kappa shape index (κ1) is 15.3. The molecular weight excluding hydrogens is 312 g/mol. The van der Waals surface area contributed by atoms with E-state index in [2.05, 4.69) is 35.4 Å². The number of hydrogen-bond donors (Lipinski definition) is 1. The fraction of sp³-hybridized carbons (Fsp3) is 0.0952. The van der Waals surface area contributed by atoms with E-state index >= 15 is 0 Å². The molecule has 2 aromatic heterocycles. The van der Waals surface area contributed by atoms with Crippen molar-refractivity contribution >= 4 is 22.3 Å². The highest BCUT2D eigenvalue weighted by atomic mass is 16.5. The topological polar surface area (TPSA) is 47.3 Å². The smallest absolute Gasteiger partial charge is 0.142 e. The number of fused-ring (bicyclic) bond motifs is 1. The molecule has 0 bridgehead atoms.